The average Bonchev–Trinajstić information content (AvgIpc) is 2.48. The Labute approximate surface area is 125 Å². The van der Waals surface area contributed by atoms with E-state index in [9.17, 15) is 0 Å². The van der Waals surface area contributed by atoms with Crippen LogP contribution in [-0.4, -0.2) is 54.1 Å². The van der Waals surface area contributed by atoms with Crippen LogP contribution in [-0.2, 0) is 0 Å². The Bertz CT molecular complexity index is 297. The molecule has 0 unspecified atom stereocenters. The van der Waals surface area contributed by atoms with E-state index in [1.54, 1.807) is 0 Å². The van der Waals surface area contributed by atoms with E-state index in [0.717, 1.165) is 6.54 Å². The molecule has 0 spiro atoms. The molecular weight excluding hydrogens is 246 g/mol. The summed E-state index contributed by atoms with van der Waals surface area (Å²) in [6, 6.07) is 0.676. The maximum Gasteiger partial charge on any atom is 0.0356 e. The van der Waals surface area contributed by atoms with Crippen molar-refractivity contribution >= 4 is 0 Å². The van der Waals surface area contributed by atoms with Gasteiger partial charge in [0.05, 0.1) is 0 Å². The lowest BCUT2D eigenvalue weighted by Gasteiger charge is -2.52. The van der Waals surface area contributed by atoms with Crippen LogP contribution in [0.3, 0.4) is 0 Å². The Kier molecular flexibility index (Phi) is 5.14. The van der Waals surface area contributed by atoms with E-state index < -0.39 is 0 Å². The molecule has 20 heavy (non-hydrogen) atoms. The van der Waals surface area contributed by atoms with E-state index in [1.807, 2.05) is 0 Å². The maximum absolute atomic E-state index is 6.23. The second-order valence-electron chi connectivity index (χ2n) is 7.71. The van der Waals surface area contributed by atoms with Crippen LogP contribution in [0.25, 0.3) is 0 Å². The van der Waals surface area contributed by atoms with Crippen molar-refractivity contribution in [3.63, 3.8) is 0 Å². The summed E-state index contributed by atoms with van der Waals surface area (Å²) < 4.78 is 0. The number of piperidine rings is 2. The maximum atomic E-state index is 6.23. The lowest BCUT2D eigenvalue weighted by atomic mass is 9.75. The van der Waals surface area contributed by atoms with E-state index in [0.29, 0.717) is 17.0 Å². The minimum absolute atomic E-state index is 0.292. The van der Waals surface area contributed by atoms with Gasteiger partial charge in [-0.25, -0.2) is 0 Å². The summed E-state index contributed by atoms with van der Waals surface area (Å²) in [7, 11) is 0. The van der Waals surface area contributed by atoms with Gasteiger partial charge in [-0.1, -0.05) is 20.3 Å². The zero-order valence-corrected chi connectivity index (χ0v) is 14.1. The van der Waals surface area contributed by atoms with Crippen LogP contribution >= 0.6 is 0 Å². The Balaban J connectivity index is 1.96. The van der Waals surface area contributed by atoms with Gasteiger partial charge in [0.15, 0.2) is 0 Å². The van der Waals surface area contributed by atoms with Crippen LogP contribution < -0.4 is 5.73 Å². The molecule has 2 aliphatic heterocycles. The van der Waals surface area contributed by atoms with Gasteiger partial charge in [0.25, 0.3) is 0 Å². The quantitative estimate of drug-likeness (QED) is 0.860. The van der Waals surface area contributed by atoms with Crippen LogP contribution in [0.15, 0.2) is 0 Å². The molecule has 118 valence electrons. The van der Waals surface area contributed by atoms with Gasteiger partial charge in [-0.2, -0.15) is 0 Å². The van der Waals surface area contributed by atoms with Crippen LogP contribution in [0.4, 0.5) is 0 Å². The van der Waals surface area contributed by atoms with Gasteiger partial charge in [0, 0.05) is 31.2 Å². The molecule has 0 aromatic carbocycles. The highest BCUT2D eigenvalue weighted by molar-refractivity contribution is 4.99. The van der Waals surface area contributed by atoms with Gasteiger partial charge >= 0.3 is 0 Å². The Morgan fingerprint density at radius 1 is 1.00 bits per heavy atom. The molecule has 2 N–H and O–H groups in total. The Hall–Kier alpha value is -0.120. The molecule has 0 bridgehead atoms. The molecule has 2 saturated heterocycles. The molecule has 2 aliphatic rings. The second-order valence-corrected chi connectivity index (χ2v) is 7.71. The molecule has 0 aromatic heterocycles. The molecule has 2 heterocycles. The number of likely N-dealkylation sites (tertiary alicyclic amines) is 2. The first-order valence-electron chi connectivity index (χ1n) is 8.64. The number of nitrogens with two attached hydrogens (primary N) is 1. The second kappa shape index (κ2) is 6.33. The first-order chi connectivity index (χ1) is 9.45. The Morgan fingerprint density at radius 2 is 1.55 bits per heavy atom. The molecule has 0 saturated carbocycles. The van der Waals surface area contributed by atoms with Crippen molar-refractivity contribution in [2.45, 2.75) is 71.4 Å². The molecule has 2 rings (SSSR count). The monoisotopic (exact) mass is 281 g/mol. The smallest absolute Gasteiger partial charge is 0.0356 e. The summed E-state index contributed by atoms with van der Waals surface area (Å²) in [6.07, 6.45) is 6.52. The molecular formula is C17H35N3. The molecule has 0 atom stereocenters. The number of hydrogen-bond acceptors (Lipinski definition) is 3. The van der Waals surface area contributed by atoms with Gasteiger partial charge < -0.3 is 10.6 Å². The normalized spacial score (nSPS) is 27.9. The predicted molar refractivity (Wildman–Crippen MR) is 86.9 cm³/mol. The van der Waals surface area contributed by atoms with E-state index in [4.69, 9.17) is 5.73 Å². The van der Waals surface area contributed by atoms with Crippen molar-refractivity contribution in [2.75, 3.05) is 32.7 Å². The van der Waals surface area contributed by atoms with Crippen molar-refractivity contribution in [1.29, 1.82) is 0 Å². The van der Waals surface area contributed by atoms with E-state index >= 15 is 0 Å². The van der Waals surface area contributed by atoms with Crippen LogP contribution in [0.1, 0.15) is 59.8 Å². The molecule has 3 nitrogen and oxygen atoms in total. The third-order valence-corrected chi connectivity index (χ3v) is 6.33. The fraction of sp³-hybridized carbons (Fsp3) is 1.00. The van der Waals surface area contributed by atoms with Gasteiger partial charge in [-0.05, 0) is 58.0 Å². The first-order valence-corrected chi connectivity index (χ1v) is 8.64. The Morgan fingerprint density at radius 3 is 1.95 bits per heavy atom. The van der Waals surface area contributed by atoms with Gasteiger partial charge in [0.1, 0.15) is 0 Å². The van der Waals surface area contributed by atoms with Crippen LogP contribution in [0.2, 0.25) is 0 Å². The minimum Gasteiger partial charge on any atom is -0.329 e. The van der Waals surface area contributed by atoms with Crippen molar-refractivity contribution in [1.82, 2.24) is 9.80 Å². The zero-order valence-electron chi connectivity index (χ0n) is 14.1. The first kappa shape index (κ1) is 16.3. The molecule has 0 aliphatic carbocycles. The van der Waals surface area contributed by atoms with E-state index in [1.165, 1.54) is 58.3 Å². The third kappa shape index (κ3) is 3.20. The highest BCUT2D eigenvalue weighted by Crippen LogP contribution is 2.39. The van der Waals surface area contributed by atoms with Gasteiger partial charge in [0.2, 0.25) is 0 Å². The molecule has 0 radical (unpaired) electrons. The van der Waals surface area contributed by atoms with Crippen LogP contribution in [0.5, 0.6) is 0 Å². The summed E-state index contributed by atoms with van der Waals surface area (Å²) >= 11 is 0. The van der Waals surface area contributed by atoms with E-state index in [-0.39, 0.29) is 0 Å². The average molecular weight is 281 g/mol. The summed E-state index contributed by atoms with van der Waals surface area (Å²) in [5.41, 5.74) is 7.10. The van der Waals surface area contributed by atoms with Gasteiger partial charge in [-0.3, -0.25) is 4.90 Å². The van der Waals surface area contributed by atoms with Crippen molar-refractivity contribution in [3.05, 3.63) is 0 Å². The third-order valence-electron chi connectivity index (χ3n) is 6.33. The molecule has 0 aromatic rings. The summed E-state index contributed by atoms with van der Waals surface area (Å²) in [5.74, 6) is 0. The van der Waals surface area contributed by atoms with Crippen molar-refractivity contribution < 1.29 is 0 Å². The zero-order chi connectivity index (χ0) is 14.8. The highest BCUT2D eigenvalue weighted by atomic mass is 15.3. The topological polar surface area (TPSA) is 32.5 Å². The number of nitrogens with zero attached hydrogens (tertiary/aromatic N) is 2. The lowest BCUT2D eigenvalue weighted by molar-refractivity contribution is -0.0183. The number of hydrogen-bond donors (Lipinski definition) is 1. The van der Waals surface area contributed by atoms with Crippen molar-refractivity contribution in [3.8, 4) is 0 Å². The minimum atomic E-state index is 0.292. The largest absolute Gasteiger partial charge is 0.329 e. The molecule has 2 fully saturated rings. The number of rotatable bonds is 4. The summed E-state index contributed by atoms with van der Waals surface area (Å²) in [6.45, 7) is 15.2. The fourth-order valence-electron chi connectivity index (χ4n) is 3.98. The van der Waals surface area contributed by atoms with Gasteiger partial charge in [-0.15, -0.1) is 0 Å². The SMILES string of the molecule is CCC1(C)CCN(C2(CN)CCN(C(C)C)CC2)CC1. The standard InChI is InChI=1S/C17H35N3/c1-5-16(4)6-12-20(13-7-16)17(14-18)8-10-19(11-9-17)15(2)3/h15H,5-14,18H2,1-4H3. The predicted octanol–water partition coefficient (Wildman–Crippen LogP) is 2.70. The van der Waals surface area contributed by atoms with E-state index in [2.05, 4.69) is 37.5 Å². The molecule has 0 amide bonds. The molecule has 3 heteroatoms. The fourth-order valence-corrected chi connectivity index (χ4v) is 3.98. The highest BCUT2D eigenvalue weighted by Gasteiger charge is 2.42. The van der Waals surface area contributed by atoms with Crippen molar-refractivity contribution in [2.24, 2.45) is 11.1 Å². The summed E-state index contributed by atoms with van der Waals surface area (Å²) in [5, 5.41) is 0. The lowest BCUT2D eigenvalue weighted by Crippen LogP contribution is -2.62. The van der Waals surface area contributed by atoms with Crippen LogP contribution in [0, 0.1) is 5.41 Å². The summed E-state index contributed by atoms with van der Waals surface area (Å²) in [4.78, 5) is 5.34.